The van der Waals surface area contributed by atoms with Crippen LogP contribution in [0.5, 0.6) is 0 Å². The number of rotatable bonds is 5. The van der Waals surface area contributed by atoms with Gasteiger partial charge in [-0.15, -0.1) is 0 Å². The number of hydrogen-bond donors (Lipinski definition) is 1. The summed E-state index contributed by atoms with van der Waals surface area (Å²) >= 11 is 1.43. The van der Waals surface area contributed by atoms with Crippen molar-refractivity contribution in [3.8, 4) is 0 Å². The van der Waals surface area contributed by atoms with E-state index >= 15 is 0 Å². The molecule has 0 fully saturated rings. The van der Waals surface area contributed by atoms with Gasteiger partial charge in [-0.25, -0.2) is 9.37 Å². The smallest absolute Gasteiger partial charge is 0.254 e. The van der Waals surface area contributed by atoms with Crippen LogP contribution in [-0.2, 0) is 12.2 Å². The molecule has 0 spiro atoms. The maximum absolute atomic E-state index is 12.8. The van der Waals surface area contributed by atoms with Gasteiger partial charge in [0.25, 0.3) is 5.56 Å². The van der Waals surface area contributed by atoms with Gasteiger partial charge in [-0.1, -0.05) is 37.2 Å². The summed E-state index contributed by atoms with van der Waals surface area (Å²) in [7, 11) is 0. The predicted octanol–water partition coefficient (Wildman–Crippen LogP) is 3.15. The number of aromatic nitrogens is 2. The number of aryl methyl sites for hydroxylation is 1. The molecule has 1 aromatic carbocycles. The van der Waals surface area contributed by atoms with E-state index in [1.165, 1.54) is 23.9 Å². The zero-order valence-corrected chi connectivity index (χ0v) is 11.5. The van der Waals surface area contributed by atoms with Crippen LogP contribution in [0.15, 0.2) is 40.4 Å². The van der Waals surface area contributed by atoms with Crippen molar-refractivity contribution in [2.75, 3.05) is 0 Å². The number of H-pyrrole nitrogens is 1. The molecule has 3 nitrogen and oxygen atoms in total. The summed E-state index contributed by atoms with van der Waals surface area (Å²) in [4.78, 5) is 18.7. The van der Waals surface area contributed by atoms with Crippen LogP contribution in [0.1, 0.15) is 24.5 Å². The lowest BCUT2D eigenvalue weighted by Gasteiger charge is -2.02. The molecule has 0 amide bonds. The monoisotopic (exact) mass is 278 g/mol. The van der Waals surface area contributed by atoms with Crippen molar-refractivity contribution in [3.05, 3.63) is 57.8 Å². The Hall–Kier alpha value is -1.62. The van der Waals surface area contributed by atoms with E-state index in [1.54, 1.807) is 18.3 Å². The van der Waals surface area contributed by atoms with E-state index in [-0.39, 0.29) is 11.4 Å². The molecule has 0 saturated carbocycles. The average Bonchev–Trinajstić information content (AvgIpc) is 2.41. The lowest BCUT2D eigenvalue weighted by molar-refractivity contribution is 0.627. The Morgan fingerprint density at radius 3 is 2.68 bits per heavy atom. The standard InChI is InChI=1S/C14H15FN2OS/c1-2-3-11-8-16-14(17-13(11)18)19-9-10-4-6-12(15)7-5-10/h4-8H,2-3,9H2,1H3,(H,16,17,18). The first-order valence-electron chi connectivity index (χ1n) is 6.14. The van der Waals surface area contributed by atoms with Crippen molar-refractivity contribution in [2.24, 2.45) is 0 Å². The molecule has 1 aromatic heterocycles. The predicted molar refractivity (Wildman–Crippen MR) is 74.8 cm³/mol. The molecule has 19 heavy (non-hydrogen) atoms. The van der Waals surface area contributed by atoms with Crippen LogP contribution in [0.25, 0.3) is 0 Å². The van der Waals surface area contributed by atoms with Gasteiger partial charge in [-0.05, 0) is 24.1 Å². The van der Waals surface area contributed by atoms with E-state index in [0.29, 0.717) is 16.5 Å². The van der Waals surface area contributed by atoms with Crippen molar-refractivity contribution >= 4 is 11.8 Å². The van der Waals surface area contributed by atoms with Crippen LogP contribution in [-0.4, -0.2) is 9.97 Å². The minimum Gasteiger partial charge on any atom is -0.301 e. The molecule has 2 aromatic rings. The molecule has 1 N–H and O–H groups in total. The highest BCUT2D eigenvalue weighted by Gasteiger charge is 2.03. The Morgan fingerprint density at radius 2 is 2.05 bits per heavy atom. The number of halogens is 1. The van der Waals surface area contributed by atoms with Crippen LogP contribution in [0.2, 0.25) is 0 Å². The number of nitrogens with zero attached hydrogens (tertiary/aromatic N) is 1. The van der Waals surface area contributed by atoms with Crippen LogP contribution >= 0.6 is 11.8 Å². The zero-order valence-electron chi connectivity index (χ0n) is 10.6. The van der Waals surface area contributed by atoms with Gasteiger partial charge in [-0.2, -0.15) is 0 Å². The third-order valence-corrected chi connectivity index (χ3v) is 3.62. The van der Waals surface area contributed by atoms with Crippen molar-refractivity contribution in [2.45, 2.75) is 30.7 Å². The van der Waals surface area contributed by atoms with Gasteiger partial charge in [0.15, 0.2) is 5.16 Å². The lowest BCUT2D eigenvalue weighted by atomic mass is 10.2. The number of thioether (sulfide) groups is 1. The first-order chi connectivity index (χ1) is 9.19. The minimum absolute atomic E-state index is 0.0709. The molecule has 0 unspecified atom stereocenters. The topological polar surface area (TPSA) is 45.8 Å². The SMILES string of the molecule is CCCc1cnc(SCc2ccc(F)cc2)[nH]c1=O. The Kier molecular flexibility index (Phi) is 4.74. The van der Waals surface area contributed by atoms with Gasteiger partial charge in [-0.3, -0.25) is 4.79 Å². The summed E-state index contributed by atoms with van der Waals surface area (Å²) in [6.07, 6.45) is 3.30. The quantitative estimate of drug-likeness (QED) is 0.675. The zero-order chi connectivity index (χ0) is 13.7. The average molecular weight is 278 g/mol. The summed E-state index contributed by atoms with van der Waals surface area (Å²) < 4.78 is 12.8. The van der Waals surface area contributed by atoms with Crippen molar-refractivity contribution in [1.82, 2.24) is 9.97 Å². The van der Waals surface area contributed by atoms with Gasteiger partial charge in [0, 0.05) is 17.5 Å². The first-order valence-corrected chi connectivity index (χ1v) is 7.13. The fourth-order valence-corrected chi connectivity index (χ4v) is 2.45. The second kappa shape index (κ2) is 6.52. The number of hydrogen-bond acceptors (Lipinski definition) is 3. The highest BCUT2D eigenvalue weighted by molar-refractivity contribution is 7.98. The Balaban J connectivity index is 2.02. The molecule has 0 aliphatic rings. The molecule has 1 heterocycles. The van der Waals surface area contributed by atoms with Crippen molar-refractivity contribution in [1.29, 1.82) is 0 Å². The van der Waals surface area contributed by atoms with Crippen LogP contribution < -0.4 is 5.56 Å². The van der Waals surface area contributed by atoms with E-state index < -0.39 is 0 Å². The summed E-state index contributed by atoms with van der Waals surface area (Å²) in [5.74, 6) is 0.403. The maximum Gasteiger partial charge on any atom is 0.254 e. The molecule has 100 valence electrons. The van der Waals surface area contributed by atoms with Crippen LogP contribution in [0.3, 0.4) is 0 Å². The minimum atomic E-state index is -0.246. The van der Waals surface area contributed by atoms with E-state index in [4.69, 9.17) is 0 Å². The molecular weight excluding hydrogens is 263 g/mol. The maximum atomic E-state index is 12.8. The third-order valence-electron chi connectivity index (χ3n) is 2.66. The Labute approximate surface area is 115 Å². The van der Waals surface area contributed by atoms with E-state index in [9.17, 15) is 9.18 Å². The second-order valence-corrected chi connectivity index (χ2v) is 5.17. The molecular formula is C14H15FN2OS. The molecule has 0 atom stereocenters. The molecule has 0 bridgehead atoms. The van der Waals surface area contributed by atoms with Gasteiger partial charge in [0.05, 0.1) is 0 Å². The highest BCUT2D eigenvalue weighted by atomic mass is 32.2. The largest absolute Gasteiger partial charge is 0.301 e. The van der Waals surface area contributed by atoms with Gasteiger partial charge < -0.3 is 4.98 Å². The number of nitrogens with one attached hydrogen (secondary N) is 1. The molecule has 0 aliphatic heterocycles. The van der Waals surface area contributed by atoms with Gasteiger partial charge in [0.1, 0.15) is 5.82 Å². The van der Waals surface area contributed by atoms with Crippen LogP contribution in [0.4, 0.5) is 4.39 Å². The normalized spacial score (nSPS) is 10.6. The summed E-state index contributed by atoms with van der Waals surface area (Å²) in [5.41, 5.74) is 1.64. The molecule has 2 rings (SSSR count). The molecule has 0 radical (unpaired) electrons. The highest BCUT2D eigenvalue weighted by Crippen LogP contribution is 2.18. The number of aromatic amines is 1. The van der Waals surface area contributed by atoms with Crippen molar-refractivity contribution < 1.29 is 4.39 Å². The lowest BCUT2D eigenvalue weighted by Crippen LogP contribution is -2.14. The second-order valence-electron chi connectivity index (χ2n) is 4.21. The fourth-order valence-electron chi connectivity index (χ4n) is 1.66. The Bertz CT molecular complexity index is 595. The molecule has 0 aliphatic carbocycles. The fraction of sp³-hybridized carbons (Fsp3) is 0.286. The van der Waals surface area contributed by atoms with Crippen LogP contribution in [0, 0.1) is 5.82 Å². The molecule has 0 saturated heterocycles. The first kappa shape index (κ1) is 13.8. The van der Waals surface area contributed by atoms with E-state index in [1.807, 2.05) is 6.92 Å². The summed E-state index contributed by atoms with van der Waals surface area (Å²) in [5, 5.41) is 0.592. The van der Waals surface area contributed by atoms with Crippen molar-refractivity contribution in [3.63, 3.8) is 0 Å². The third kappa shape index (κ3) is 3.92. The Morgan fingerprint density at radius 1 is 1.32 bits per heavy atom. The summed E-state index contributed by atoms with van der Waals surface area (Å²) in [6, 6.07) is 6.31. The number of benzene rings is 1. The molecule has 5 heteroatoms. The van der Waals surface area contributed by atoms with E-state index in [0.717, 1.165) is 18.4 Å². The van der Waals surface area contributed by atoms with E-state index in [2.05, 4.69) is 9.97 Å². The van der Waals surface area contributed by atoms with Gasteiger partial charge >= 0.3 is 0 Å². The van der Waals surface area contributed by atoms with Gasteiger partial charge in [0.2, 0.25) is 0 Å². The summed E-state index contributed by atoms with van der Waals surface area (Å²) in [6.45, 7) is 2.02.